The summed E-state index contributed by atoms with van der Waals surface area (Å²) in [4.78, 5) is 160. The van der Waals surface area contributed by atoms with Gasteiger partial charge in [-0.05, 0) is 55.2 Å². The lowest BCUT2D eigenvalue weighted by atomic mass is 9.96. The number of nitrogens with one attached hydrogen (secondary N) is 8. The Balaban J connectivity index is 2.03. The Morgan fingerprint density at radius 2 is 1.40 bits per heavy atom. The SMILES string of the molecule is CC[C@H](C)[C@@H]1NC(=O)[C@H](Cc2ccc(O)cc2)NC(=O)CNC(=O)CC[C@@H](C(=O)N2CC[C@H]2C(=O)NC(CC(C)C)C(=O)NCC(N)=O)NC(=O)[C@H](CC(N)=O)NC(=O)[C@H](CCC(N)=O)NC1=O. The number of rotatable bonds is 17. The van der Waals surface area contributed by atoms with E-state index in [4.69, 9.17) is 17.2 Å². The van der Waals surface area contributed by atoms with Crippen LogP contribution in [0.15, 0.2) is 24.3 Å². The predicted molar refractivity (Wildman–Crippen MR) is 239 cm³/mol. The minimum Gasteiger partial charge on any atom is -0.508 e. The van der Waals surface area contributed by atoms with E-state index in [0.29, 0.717) is 12.0 Å². The van der Waals surface area contributed by atoms with E-state index in [0.717, 1.165) is 4.90 Å². The Bertz CT molecular complexity index is 2070. The van der Waals surface area contributed by atoms with Gasteiger partial charge >= 0.3 is 0 Å². The number of aromatic hydroxyl groups is 1. The highest BCUT2D eigenvalue weighted by atomic mass is 16.3. The number of amides is 12. The molecule has 0 aromatic heterocycles. The summed E-state index contributed by atoms with van der Waals surface area (Å²) in [5.74, 6) is -11.5. The van der Waals surface area contributed by atoms with Gasteiger partial charge in [0.25, 0.3) is 0 Å². The molecule has 15 N–H and O–H groups in total. The molecule has 1 aromatic rings. The van der Waals surface area contributed by atoms with Gasteiger partial charge in [-0.3, -0.25) is 57.5 Å². The highest BCUT2D eigenvalue weighted by molar-refractivity contribution is 6.00. The lowest BCUT2D eigenvalue weighted by molar-refractivity contribution is -0.151. The van der Waals surface area contributed by atoms with Crippen LogP contribution >= 0.6 is 0 Å². The molecule has 2 saturated heterocycles. The van der Waals surface area contributed by atoms with Crippen molar-refractivity contribution in [1.82, 2.24) is 47.4 Å². The second-order valence-corrected chi connectivity index (χ2v) is 17.2. The van der Waals surface area contributed by atoms with Crippen molar-refractivity contribution in [3.8, 4) is 5.75 Å². The molecule has 2 heterocycles. The van der Waals surface area contributed by atoms with Crippen LogP contribution in [-0.4, -0.2) is 143 Å². The summed E-state index contributed by atoms with van der Waals surface area (Å²) in [7, 11) is 0. The van der Waals surface area contributed by atoms with Gasteiger partial charge in [0.2, 0.25) is 70.9 Å². The molecule has 374 valence electrons. The van der Waals surface area contributed by atoms with E-state index in [1.165, 1.54) is 24.3 Å². The van der Waals surface area contributed by atoms with Gasteiger partial charge in [0.1, 0.15) is 48.0 Å². The second-order valence-electron chi connectivity index (χ2n) is 17.2. The van der Waals surface area contributed by atoms with Crippen molar-refractivity contribution in [1.29, 1.82) is 0 Å². The molecule has 2 aliphatic rings. The Morgan fingerprint density at radius 1 is 0.765 bits per heavy atom. The van der Waals surface area contributed by atoms with Crippen LogP contribution in [0, 0.1) is 11.8 Å². The molecule has 2 fully saturated rings. The molecule has 68 heavy (non-hydrogen) atoms. The van der Waals surface area contributed by atoms with Crippen LogP contribution in [0.2, 0.25) is 0 Å². The topological polar surface area (TPSA) is 403 Å². The number of nitrogens with two attached hydrogens (primary N) is 3. The monoisotopic (exact) mass is 956 g/mol. The second kappa shape index (κ2) is 26.1. The lowest BCUT2D eigenvalue weighted by Crippen LogP contribution is -2.65. The van der Waals surface area contributed by atoms with E-state index >= 15 is 0 Å². The maximum atomic E-state index is 14.2. The minimum absolute atomic E-state index is 0.0163. The summed E-state index contributed by atoms with van der Waals surface area (Å²) in [5, 5.41) is 29.6. The first-order valence-electron chi connectivity index (χ1n) is 22.3. The average molecular weight is 957 g/mol. The summed E-state index contributed by atoms with van der Waals surface area (Å²) in [5.41, 5.74) is 16.5. The first-order valence-corrected chi connectivity index (χ1v) is 22.3. The van der Waals surface area contributed by atoms with Crippen molar-refractivity contribution in [3.63, 3.8) is 0 Å². The summed E-state index contributed by atoms with van der Waals surface area (Å²) in [6.07, 6.45) is -2.27. The number of primary amides is 3. The molecular formula is C43H64N12O13. The molecule has 8 atom stereocenters. The van der Waals surface area contributed by atoms with E-state index in [2.05, 4.69) is 42.5 Å². The summed E-state index contributed by atoms with van der Waals surface area (Å²) < 4.78 is 0. The number of carbonyl (C=O) groups excluding carboxylic acids is 12. The van der Waals surface area contributed by atoms with Gasteiger partial charge in [-0.2, -0.15) is 0 Å². The number of hydrogen-bond donors (Lipinski definition) is 12. The number of hydrogen-bond acceptors (Lipinski definition) is 13. The van der Waals surface area contributed by atoms with Gasteiger partial charge in [-0.1, -0.05) is 46.2 Å². The van der Waals surface area contributed by atoms with Crippen LogP contribution in [0.5, 0.6) is 5.75 Å². The largest absolute Gasteiger partial charge is 0.508 e. The van der Waals surface area contributed by atoms with Crippen molar-refractivity contribution in [2.24, 2.45) is 29.0 Å². The third-order valence-electron chi connectivity index (χ3n) is 11.3. The van der Waals surface area contributed by atoms with E-state index in [1.807, 2.05) is 0 Å². The molecule has 0 saturated carbocycles. The molecule has 12 amide bonds. The maximum absolute atomic E-state index is 14.2. The van der Waals surface area contributed by atoms with Gasteiger partial charge in [0.05, 0.1) is 19.5 Å². The molecule has 0 bridgehead atoms. The van der Waals surface area contributed by atoms with Gasteiger partial charge < -0.3 is 69.7 Å². The number of carbonyl (C=O) groups is 12. The van der Waals surface area contributed by atoms with Crippen LogP contribution in [-0.2, 0) is 64.0 Å². The van der Waals surface area contributed by atoms with Crippen molar-refractivity contribution >= 4 is 70.9 Å². The van der Waals surface area contributed by atoms with E-state index in [9.17, 15) is 62.6 Å². The number of likely N-dealkylation sites (tertiary alicyclic amines) is 1. The first-order chi connectivity index (χ1) is 32.0. The molecule has 0 spiro atoms. The van der Waals surface area contributed by atoms with Crippen molar-refractivity contribution < 1.29 is 62.6 Å². The van der Waals surface area contributed by atoms with Crippen molar-refractivity contribution in [2.75, 3.05) is 19.6 Å². The van der Waals surface area contributed by atoms with Crippen LogP contribution in [0.1, 0.15) is 84.6 Å². The molecule has 1 unspecified atom stereocenters. The van der Waals surface area contributed by atoms with Gasteiger partial charge in [-0.25, -0.2) is 0 Å². The third kappa shape index (κ3) is 17.5. The normalized spacial score (nSPS) is 23.1. The standard InChI is InChI=1S/C43H64N12O13/c1-5-22(4)36-42(67)50-25(10-12-31(44)57)38(63)52-29(18-32(45)58)39(64)51-26(43(68)55-15-14-30(55)41(66)53-27(16-21(2)3)37(62)48-19-33(46)59)11-13-34(60)47-20-35(61)49-28(40(65)54-36)17-23-6-8-24(56)9-7-23/h6-9,21-22,25-30,36,56H,5,10-20H2,1-4H3,(H2,44,57)(H2,45,58)(H2,46,59)(H,47,60)(H,48,62)(H,49,61)(H,50,67)(H,51,64)(H,52,63)(H,53,66)(H,54,65)/t22-,25-,26-,27?,28-,29-,30-,36-/m0/s1. The summed E-state index contributed by atoms with van der Waals surface area (Å²) in [6, 6.07) is -4.34. The highest BCUT2D eigenvalue weighted by Gasteiger charge is 2.43. The molecule has 25 heteroatoms. The molecular weight excluding hydrogens is 893 g/mol. The molecule has 0 radical (unpaired) electrons. The fourth-order valence-electron chi connectivity index (χ4n) is 7.24. The predicted octanol–water partition coefficient (Wildman–Crippen LogP) is -4.81. The summed E-state index contributed by atoms with van der Waals surface area (Å²) >= 11 is 0. The zero-order valence-corrected chi connectivity index (χ0v) is 38.5. The third-order valence-corrected chi connectivity index (χ3v) is 11.3. The van der Waals surface area contributed by atoms with E-state index in [1.54, 1.807) is 27.7 Å². The molecule has 25 nitrogen and oxygen atoms in total. The molecule has 1 aromatic carbocycles. The number of phenolic OH excluding ortho intramolecular Hbond substituents is 1. The van der Waals surface area contributed by atoms with Crippen LogP contribution in [0.4, 0.5) is 0 Å². The van der Waals surface area contributed by atoms with Gasteiger partial charge in [-0.15, -0.1) is 0 Å². The fourth-order valence-corrected chi connectivity index (χ4v) is 7.24. The fraction of sp³-hybridized carbons (Fsp3) is 0.581. The average Bonchev–Trinajstić information content (AvgIpc) is 3.24. The van der Waals surface area contributed by atoms with Crippen LogP contribution in [0.25, 0.3) is 0 Å². The molecule has 2 aliphatic heterocycles. The van der Waals surface area contributed by atoms with Crippen LogP contribution < -0.4 is 59.7 Å². The summed E-state index contributed by atoms with van der Waals surface area (Å²) in [6.45, 7) is 5.74. The Hall–Kier alpha value is -7.34. The van der Waals surface area contributed by atoms with Gasteiger partial charge in [0, 0.05) is 25.8 Å². The van der Waals surface area contributed by atoms with Gasteiger partial charge in [0.15, 0.2) is 0 Å². The minimum atomic E-state index is -1.82. The number of nitrogens with zero attached hydrogens (tertiary/aromatic N) is 1. The number of benzene rings is 1. The van der Waals surface area contributed by atoms with E-state index in [-0.39, 0.29) is 37.5 Å². The molecule has 0 aliphatic carbocycles. The highest BCUT2D eigenvalue weighted by Crippen LogP contribution is 2.21. The Morgan fingerprint density at radius 3 is 1.97 bits per heavy atom. The molecule has 3 rings (SSSR count). The van der Waals surface area contributed by atoms with Crippen LogP contribution in [0.3, 0.4) is 0 Å². The quantitative estimate of drug-likeness (QED) is 0.0699. The first kappa shape index (κ1) is 55.0. The Labute approximate surface area is 392 Å². The van der Waals surface area contributed by atoms with Crippen molar-refractivity contribution in [2.45, 2.75) is 128 Å². The van der Waals surface area contributed by atoms with E-state index < -0.39 is 164 Å². The maximum Gasteiger partial charge on any atom is 0.245 e. The smallest absolute Gasteiger partial charge is 0.245 e. The zero-order chi connectivity index (χ0) is 50.8. The lowest BCUT2D eigenvalue weighted by Gasteiger charge is -2.42. The zero-order valence-electron chi connectivity index (χ0n) is 38.5. The van der Waals surface area contributed by atoms with Crippen molar-refractivity contribution in [3.05, 3.63) is 29.8 Å². The Kier molecular flexibility index (Phi) is 21.1. The number of phenols is 1.